The number of hydrogen-bond donors (Lipinski definition) is 1. The molecular formula is C17H15Br2N3S. The number of nitrogens with one attached hydrogen (secondary N) is 1. The highest BCUT2D eigenvalue weighted by molar-refractivity contribution is 9.10. The van der Waals surface area contributed by atoms with Gasteiger partial charge in [-0.05, 0) is 24.6 Å². The Morgan fingerprint density at radius 2 is 1.78 bits per heavy atom. The van der Waals surface area contributed by atoms with E-state index in [1.807, 2.05) is 29.6 Å². The number of rotatable bonds is 4. The molecule has 0 unspecified atom stereocenters. The van der Waals surface area contributed by atoms with Gasteiger partial charge in [-0.15, -0.1) is 28.3 Å². The molecule has 1 N–H and O–H groups in total. The molecule has 0 radical (unpaired) electrons. The summed E-state index contributed by atoms with van der Waals surface area (Å²) in [5.74, 6) is 0. The molecule has 0 aliphatic heterocycles. The van der Waals surface area contributed by atoms with Crippen molar-refractivity contribution >= 4 is 55.6 Å². The maximum atomic E-state index is 4.54. The van der Waals surface area contributed by atoms with Crippen molar-refractivity contribution in [3.63, 3.8) is 0 Å². The minimum Gasteiger partial charge on any atom is -0.253 e. The topological polar surface area (TPSA) is 37.3 Å². The lowest BCUT2D eigenvalue weighted by molar-refractivity contribution is 1.29. The van der Waals surface area contributed by atoms with Crippen LogP contribution in [0.25, 0.3) is 11.3 Å². The smallest absolute Gasteiger partial charge is 0.203 e. The fraction of sp³-hybridized carbons (Fsp3) is 0.0588. The lowest BCUT2D eigenvalue weighted by atomic mass is 10.1. The second kappa shape index (κ2) is 8.38. The molecule has 0 bridgehead atoms. The van der Waals surface area contributed by atoms with Gasteiger partial charge < -0.3 is 0 Å². The van der Waals surface area contributed by atoms with Gasteiger partial charge in [0.05, 0.1) is 11.9 Å². The van der Waals surface area contributed by atoms with Gasteiger partial charge in [0.15, 0.2) is 0 Å². The molecule has 0 aliphatic carbocycles. The number of benzene rings is 2. The minimum atomic E-state index is 0. The molecule has 0 spiro atoms. The van der Waals surface area contributed by atoms with Crippen LogP contribution in [0.3, 0.4) is 0 Å². The van der Waals surface area contributed by atoms with E-state index >= 15 is 0 Å². The van der Waals surface area contributed by atoms with Crippen LogP contribution in [0.4, 0.5) is 5.13 Å². The van der Waals surface area contributed by atoms with Crippen LogP contribution in [0.15, 0.2) is 63.5 Å². The summed E-state index contributed by atoms with van der Waals surface area (Å²) in [5.41, 5.74) is 7.34. The average Bonchev–Trinajstić information content (AvgIpc) is 2.99. The van der Waals surface area contributed by atoms with E-state index in [0.29, 0.717) is 0 Å². The molecule has 0 amide bonds. The van der Waals surface area contributed by atoms with E-state index in [1.54, 1.807) is 17.6 Å². The highest BCUT2D eigenvalue weighted by atomic mass is 79.9. The van der Waals surface area contributed by atoms with Crippen molar-refractivity contribution < 1.29 is 0 Å². The third-order valence-electron chi connectivity index (χ3n) is 3.10. The Labute approximate surface area is 158 Å². The monoisotopic (exact) mass is 451 g/mol. The molecular weight excluding hydrogens is 438 g/mol. The van der Waals surface area contributed by atoms with E-state index < -0.39 is 0 Å². The number of hydrazone groups is 1. The standard InChI is InChI=1S/C17H14BrN3S.BrH/c1-12-2-6-14(7-3-12)16-11-22-17(20-16)21-19-10-13-4-8-15(18)9-5-13;/h2-11H,1H3,(H,20,21);1H. The van der Waals surface area contributed by atoms with Crippen LogP contribution in [0, 0.1) is 6.92 Å². The Kier molecular flexibility index (Phi) is 6.50. The van der Waals surface area contributed by atoms with Crippen molar-refractivity contribution in [1.82, 2.24) is 4.98 Å². The molecule has 23 heavy (non-hydrogen) atoms. The largest absolute Gasteiger partial charge is 0.253 e. The van der Waals surface area contributed by atoms with Gasteiger partial charge >= 0.3 is 0 Å². The van der Waals surface area contributed by atoms with Crippen molar-refractivity contribution in [3.8, 4) is 11.3 Å². The molecule has 3 nitrogen and oxygen atoms in total. The summed E-state index contributed by atoms with van der Waals surface area (Å²) in [6.07, 6.45) is 1.78. The summed E-state index contributed by atoms with van der Waals surface area (Å²) in [6.45, 7) is 2.08. The first-order valence-corrected chi connectivity index (χ1v) is 8.45. The lowest BCUT2D eigenvalue weighted by Crippen LogP contribution is -1.90. The summed E-state index contributed by atoms with van der Waals surface area (Å²) in [7, 11) is 0. The van der Waals surface area contributed by atoms with Crippen LogP contribution in [0.2, 0.25) is 0 Å². The van der Waals surface area contributed by atoms with Gasteiger partial charge in [0, 0.05) is 15.4 Å². The first kappa shape index (κ1) is 17.8. The Bertz CT molecular complexity index is 780. The van der Waals surface area contributed by atoms with Crippen LogP contribution in [0.5, 0.6) is 0 Å². The van der Waals surface area contributed by atoms with Crippen LogP contribution in [0.1, 0.15) is 11.1 Å². The zero-order valence-electron chi connectivity index (χ0n) is 12.4. The van der Waals surface area contributed by atoms with Gasteiger partial charge in [-0.2, -0.15) is 5.10 Å². The van der Waals surface area contributed by atoms with Crippen LogP contribution >= 0.6 is 44.2 Å². The van der Waals surface area contributed by atoms with Gasteiger partial charge in [-0.1, -0.05) is 57.9 Å². The summed E-state index contributed by atoms with van der Waals surface area (Å²) in [6, 6.07) is 16.3. The fourth-order valence-electron chi connectivity index (χ4n) is 1.89. The number of hydrogen-bond acceptors (Lipinski definition) is 4. The molecule has 0 fully saturated rings. The highest BCUT2D eigenvalue weighted by Gasteiger charge is 2.03. The van der Waals surface area contributed by atoms with E-state index in [9.17, 15) is 0 Å². The molecule has 118 valence electrons. The molecule has 0 aliphatic rings. The number of halogens is 2. The summed E-state index contributed by atoms with van der Waals surface area (Å²) >= 11 is 4.95. The van der Waals surface area contributed by atoms with Crippen LogP contribution in [-0.4, -0.2) is 11.2 Å². The Morgan fingerprint density at radius 3 is 2.48 bits per heavy atom. The van der Waals surface area contributed by atoms with E-state index in [4.69, 9.17) is 0 Å². The van der Waals surface area contributed by atoms with Gasteiger partial charge in [0.1, 0.15) is 0 Å². The zero-order chi connectivity index (χ0) is 15.4. The second-order valence-corrected chi connectivity index (χ2v) is 6.60. The van der Waals surface area contributed by atoms with Crippen molar-refractivity contribution in [3.05, 3.63) is 69.5 Å². The molecule has 0 saturated heterocycles. The predicted molar refractivity (Wildman–Crippen MR) is 108 cm³/mol. The van der Waals surface area contributed by atoms with Crippen molar-refractivity contribution in [2.45, 2.75) is 6.92 Å². The van der Waals surface area contributed by atoms with E-state index in [0.717, 1.165) is 26.4 Å². The van der Waals surface area contributed by atoms with Gasteiger partial charge in [-0.25, -0.2) is 4.98 Å². The number of nitrogens with zero attached hydrogens (tertiary/aromatic N) is 2. The van der Waals surface area contributed by atoms with Crippen molar-refractivity contribution in [2.24, 2.45) is 5.10 Å². The SMILES string of the molecule is Br.Cc1ccc(-c2csc(NN=Cc3ccc(Br)cc3)n2)cc1. The lowest BCUT2D eigenvalue weighted by Gasteiger charge is -1.97. The minimum absolute atomic E-state index is 0. The summed E-state index contributed by atoms with van der Waals surface area (Å²) < 4.78 is 1.06. The zero-order valence-corrected chi connectivity index (χ0v) is 16.5. The number of anilines is 1. The van der Waals surface area contributed by atoms with E-state index in [1.165, 1.54) is 5.56 Å². The average molecular weight is 453 g/mol. The van der Waals surface area contributed by atoms with Gasteiger partial charge in [-0.3, -0.25) is 5.43 Å². The summed E-state index contributed by atoms with van der Waals surface area (Å²) in [4.78, 5) is 4.54. The molecule has 1 heterocycles. The summed E-state index contributed by atoms with van der Waals surface area (Å²) in [5, 5.41) is 7.03. The number of thiazole rings is 1. The van der Waals surface area contributed by atoms with Crippen LogP contribution in [-0.2, 0) is 0 Å². The van der Waals surface area contributed by atoms with E-state index in [2.05, 4.69) is 62.6 Å². The molecule has 1 aromatic heterocycles. The molecule has 3 rings (SSSR count). The van der Waals surface area contributed by atoms with Crippen LogP contribution < -0.4 is 5.43 Å². The van der Waals surface area contributed by atoms with Crippen molar-refractivity contribution in [1.29, 1.82) is 0 Å². The second-order valence-electron chi connectivity index (χ2n) is 4.83. The molecule has 2 aromatic carbocycles. The van der Waals surface area contributed by atoms with Gasteiger partial charge in [0.2, 0.25) is 5.13 Å². The first-order chi connectivity index (χ1) is 10.7. The quantitative estimate of drug-likeness (QED) is 0.394. The maximum Gasteiger partial charge on any atom is 0.203 e. The highest BCUT2D eigenvalue weighted by Crippen LogP contribution is 2.25. The number of aryl methyl sites for hydroxylation is 1. The Hall–Kier alpha value is -1.50. The van der Waals surface area contributed by atoms with Crippen molar-refractivity contribution in [2.75, 3.05) is 5.43 Å². The molecule has 6 heteroatoms. The van der Waals surface area contributed by atoms with E-state index in [-0.39, 0.29) is 17.0 Å². The Morgan fingerprint density at radius 1 is 1.09 bits per heavy atom. The van der Waals surface area contributed by atoms with Gasteiger partial charge in [0.25, 0.3) is 0 Å². The molecule has 3 aromatic rings. The normalized spacial score (nSPS) is 10.5. The maximum absolute atomic E-state index is 4.54. The fourth-order valence-corrected chi connectivity index (χ4v) is 2.83. The Balaban J connectivity index is 0.00000192. The predicted octanol–water partition coefficient (Wildman–Crippen LogP) is 5.90. The third-order valence-corrected chi connectivity index (χ3v) is 4.37. The first-order valence-electron chi connectivity index (χ1n) is 6.78. The number of aromatic nitrogens is 1. The molecule has 0 atom stereocenters. The molecule has 0 saturated carbocycles. The third kappa shape index (κ3) is 4.99.